The lowest BCUT2D eigenvalue weighted by Gasteiger charge is -2.21. The van der Waals surface area contributed by atoms with E-state index in [0.717, 1.165) is 54.6 Å². The fourth-order valence-electron chi connectivity index (χ4n) is 4.39. The van der Waals surface area contributed by atoms with Crippen molar-refractivity contribution < 1.29 is 49.7 Å². The highest BCUT2D eigenvalue weighted by Gasteiger charge is 2.40. The maximum atomic E-state index is 14.0. The topological polar surface area (TPSA) is 92.5 Å². The number of alkyl halides is 9. The molecule has 0 saturated carbocycles. The van der Waals surface area contributed by atoms with Crippen LogP contribution in [0.3, 0.4) is 0 Å². The minimum atomic E-state index is -5.11. The number of anilines is 2. The first-order chi connectivity index (χ1) is 18.4. The van der Waals surface area contributed by atoms with Gasteiger partial charge in [-0.1, -0.05) is 24.3 Å². The van der Waals surface area contributed by atoms with Gasteiger partial charge >= 0.3 is 18.5 Å². The fourth-order valence-corrected chi connectivity index (χ4v) is 4.39. The van der Waals surface area contributed by atoms with Gasteiger partial charge in [0.05, 0.1) is 16.7 Å². The summed E-state index contributed by atoms with van der Waals surface area (Å²) in [5, 5.41) is 20.8. The molecule has 0 aromatic heterocycles. The second kappa shape index (κ2) is 9.57. The maximum absolute atomic E-state index is 14.0. The molecule has 210 valence electrons. The van der Waals surface area contributed by atoms with Crippen molar-refractivity contribution in [2.75, 3.05) is 11.5 Å². The molecule has 0 saturated heterocycles. The van der Waals surface area contributed by atoms with Gasteiger partial charge in [0.1, 0.15) is 11.5 Å². The van der Waals surface area contributed by atoms with Crippen LogP contribution in [0.5, 0.6) is 11.5 Å². The summed E-state index contributed by atoms with van der Waals surface area (Å²) in [5.74, 6) is -1.76. The Balaban J connectivity index is 2.11. The molecule has 40 heavy (non-hydrogen) atoms. The van der Waals surface area contributed by atoms with E-state index in [4.69, 9.17) is 11.5 Å². The van der Waals surface area contributed by atoms with Crippen molar-refractivity contribution >= 4 is 11.4 Å². The Labute approximate surface area is 219 Å². The summed E-state index contributed by atoms with van der Waals surface area (Å²) in [6.07, 6.45) is -14.9. The van der Waals surface area contributed by atoms with Crippen LogP contribution in [0.15, 0.2) is 66.7 Å². The van der Waals surface area contributed by atoms with Crippen molar-refractivity contribution in [3.8, 4) is 44.9 Å². The highest BCUT2D eigenvalue weighted by atomic mass is 19.4. The zero-order valence-corrected chi connectivity index (χ0v) is 19.8. The third-order valence-electron chi connectivity index (χ3n) is 6.10. The number of nitrogen functional groups attached to an aromatic ring is 2. The third-order valence-corrected chi connectivity index (χ3v) is 6.10. The van der Waals surface area contributed by atoms with Crippen molar-refractivity contribution in [2.45, 2.75) is 18.5 Å². The van der Waals surface area contributed by atoms with Crippen molar-refractivity contribution in [3.63, 3.8) is 0 Å². The Bertz CT molecular complexity index is 1590. The minimum Gasteiger partial charge on any atom is -0.507 e. The first kappa shape index (κ1) is 28.5. The number of rotatable bonds is 3. The molecule has 4 nitrogen and oxygen atoms in total. The van der Waals surface area contributed by atoms with E-state index in [1.807, 2.05) is 0 Å². The molecule has 0 bridgehead atoms. The van der Waals surface area contributed by atoms with E-state index in [9.17, 15) is 49.7 Å². The van der Waals surface area contributed by atoms with Crippen molar-refractivity contribution in [2.24, 2.45) is 0 Å². The second-order valence-corrected chi connectivity index (χ2v) is 8.68. The monoisotopic (exact) mass is 572 g/mol. The van der Waals surface area contributed by atoms with Gasteiger partial charge < -0.3 is 21.7 Å². The number of benzene rings is 4. The van der Waals surface area contributed by atoms with Crippen LogP contribution in [-0.2, 0) is 18.5 Å². The van der Waals surface area contributed by atoms with Crippen molar-refractivity contribution in [1.29, 1.82) is 0 Å². The van der Waals surface area contributed by atoms with E-state index < -0.39 is 74.8 Å². The summed E-state index contributed by atoms with van der Waals surface area (Å²) < 4.78 is 123. The molecule has 0 radical (unpaired) electrons. The van der Waals surface area contributed by atoms with Crippen LogP contribution in [0.4, 0.5) is 50.9 Å². The maximum Gasteiger partial charge on any atom is 0.419 e. The molecule has 0 unspecified atom stereocenters. The molecular weight excluding hydrogens is 555 g/mol. The van der Waals surface area contributed by atoms with E-state index >= 15 is 0 Å². The van der Waals surface area contributed by atoms with E-state index in [1.165, 1.54) is 0 Å². The predicted octanol–water partition coefficient (Wildman–Crippen LogP) is 8.32. The quantitative estimate of drug-likeness (QED) is 0.113. The normalized spacial score (nSPS) is 12.5. The van der Waals surface area contributed by atoms with E-state index in [-0.39, 0.29) is 16.7 Å². The van der Waals surface area contributed by atoms with Gasteiger partial charge in [-0.05, 0) is 64.7 Å². The first-order valence-electron chi connectivity index (χ1n) is 11.1. The molecule has 0 atom stereocenters. The average Bonchev–Trinajstić information content (AvgIpc) is 2.84. The Morgan fingerprint density at radius 2 is 0.925 bits per heavy atom. The second-order valence-electron chi connectivity index (χ2n) is 8.68. The highest BCUT2D eigenvalue weighted by molar-refractivity contribution is 5.93. The summed E-state index contributed by atoms with van der Waals surface area (Å²) in [5.41, 5.74) is 2.72. The Kier molecular flexibility index (Phi) is 6.81. The lowest BCUT2D eigenvalue weighted by atomic mass is 9.86. The zero-order chi connectivity index (χ0) is 29.8. The summed E-state index contributed by atoms with van der Waals surface area (Å²) in [7, 11) is 0. The molecule has 0 aliphatic heterocycles. The number of hydrogen-bond acceptors (Lipinski definition) is 4. The highest BCUT2D eigenvalue weighted by Crippen LogP contribution is 2.50. The SMILES string of the molecule is Nc1ccc(O)c(-c2ccc(-c3c(O)ccc(N)c3C(F)(F)F)c(-c3ccc(C(F)(F)F)cc3)c2)c1C(F)(F)F. The largest absolute Gasteiger partial charge is 0.507 e. The first-order valence-corrected chi connectivity index (χ1v) is 11.1. The van der Waals surface area contributed by atoms with E-state index in [1.54, 1.807) is 0 Å². The summed E-state index contributed by atoms with van der Waals surface area (Å²) in [4.78, 5) is 0. The van der Waals surface area contributed by atoms with Crippen LogP contribution in [-0.4, -0.2) is 10.2 Å². The smallest absolute Gasteiger partial charge is 0.419 e. The number of phenols is 2. The number of halogens is 9. The molecule has 0 spiro atoms. The van der Waals surface area contributed by atoms with Gasteiger partial charge in [0.2, 0.25) is 0 Å². The molecule has 0 aliphatic carbocycles. The molecule has 0 heterocycles. The van der Waals surface area contributed by atoms with Crippen molar-refractivity contribution in [1.82, 2.24) is 0 Å². The van der Waals surface area contributed by atoms with Gasteiger partial charge in [-0.3, -0.25) is 0 Å². The Morgan fingerprint density at radius 1 is 0.475 bits per heavy atom. The average molecular weight is 572 g/mol. The van der Waals surface area contributed by atoms with Gasteiger partial charge in [-0.25, -0.2) is 0 Å². The molecule has 4 rings (SSSR count). The number of aromatic hydroxyl groups is 2. The van der Waals surface area contributed by atoms with E-state index in [0.29, 0.717) is 12.1 Å². The Morgan fingerprint density at radius 3 is 1.40 bits per heavy atom. The van der Waals surface area contributed by atoms with Crippen LogP contribution >= 0.6 is 0 Å². The van der Waals surface area contributed by atoms with Gasteiger partial charge in [-0.15, -0.1) is 0 Å². The van der Waals surface area contributed by atoms with Gasteiger partial charge in [0.25, 0.3) is 0 Å². The molecule has 0 amide bonds. The molecule has 0 aliphatic rings. The standard InChI is InChI=1S/C27H17F9N2O2/c28-25(29,30)14-4-1-12(2-5-14)16-11-13(21-19(39)9-7-17(37)23(21)26(31,32)33)3-6-15(16)22-20(40)10-8-18(38)24(22)27(34,35)36/h1-11,39-40H,37-38H2. The minimum absolute atomic E-state index is 0.142. The molecule has 4 aromatic carbocycles. The van der Waals surface area contributed by atoms with Crippen LogP contribution in [0.2, 0.25) is 0 Å². The summed E-state index contributed by atoms with van der Waals surface area (Å²) >= 11 is 0. The van der Waals surface area contributed by atoms with Gasteiger partial charge in [0.15, 0.2) is 0 Å². The van der Waals surface area contributed by atoms with Crippen LogP contribution in [0.25, 0.3) is 33.4 Å². The lowest BCUT2D eigenvalue weighted by Crippen LogP contribution is -2.12. The zero-order valence-electron chi connectivity index (χ0n) is 19.8. The number of phenolic OH excluding ortho intramolecular Hbond substituents is 2. The van der Waals surface area contributed by atoms with Crippen LogP contribution in [0, 0.1) is 0 Å². The third kappa shape index (κ3) is 5.18. The molecule has 6 N–H and O–H groups in total. The van der Waals surface area contributed by atoms with Crippen molar-refractivity contribution in [3.05, 3.63) is 83.4 Å². The molecule has 4 aromatic rings. The predicted molar refractivity (Wildman–Crippen MR) is 130 cm³/mol. The Hall–Kier alpha value is -4.55. The molecular formula is C27H17F9N2O2. The van der Waals surface area contributed by atoms with E-state index in [2.05, 4.69) is 0 Å². The summed E-state index contributed by atoms with van der Waals surface area (Å²) in [6.45, 7) is 0. The number of nitrogens with two attached hydrogens (primary N) is 2. The van der Waals surface area contributed by atoms with Gasteiger partial charge in [-0.2, -0.15) is 39.5 Å². The van der Waals surface area contributed by atoms with Crippen LogP contribution in [0.1, 0.15) is 16.7 Å². The fraction of sp³-hybridized carbons (Fsp3) is 0.111. The summed E-state index contributed by atoms with van der Waals surface area (Å²) in [6, 6.07) is 9.30. The van der Waals surface area contributed by atoms with Crippen LogP contribution < -0.4 is 11.5 Å². The molecule has 0 fully saturated rings. The number of hydrogen-bond donors (Lipinski definition) is 4. The molecule has 13 heteroatoms. The lowest BCUT2D eigenvalue weighted by molar-refractivity contribution is -0.138. The van der Waals surface area contributed by atoms with Gasteiger partial charge in [0, 0.05) is 22.5 Å².